The molecule has 3 aromatic rings. The molecule has 0 fully saturated rings. The van der Waals surface area contributed by atoms with Crippen LogP contribution in [-0.2, 0) is 13.0 Å². The summed E-state index contributed by atoms with van der Waals surface area (Å²) >= 11 is 0. The molecule has 0 unspecified atom stereocenters. The number of amides is 1. The van der Waals surface area contributed by atoms with E-state index >= 15 is 0 Å². The molecule has 2 heterocycles. The van der Waals surface area contributed by atoms with Crippen LogP contribution in [0.5, 0.6) is 0 Å². The molecule has 0 bridgehead atoms. The molecule has 27 heavy (non-hydrogen) atoms. The molecule has 0 saturated carbocycles. The van der Waals surface area contributed by atoms with Crippen molar-refractivity contribution in [1.82, 2.24) is 15.0 Å². The van der Waals surface area contributed by atoms with Crippen molar-refractivity contribution in [2.45, 2.75) is 19.0 Å². The van der Waals surface area contributed by atoms with E-state index in [-0.39, 0.29) is 11.9 Å². The third-order valence-electron chi connectivity index (χ3n) is 5.30. The summed E-state index contributed by atoms with van der Waals surface area (Å²) in [7, 11) is 3.96. The minimum atomic E-state index is -0.0673. The van der Waals surface area contributed by atoms with Crippen molar-refractivity contribution in [2.24, 2.45) is 0 Å². The number of likely N-dealkylation sites (N-methyl/N-ethyl adjacent to an activating group) is 2. The van der Waals surface area contributed by atoms with Crippen LogP contribution >= 0.6 is 0 Å². The Labute approximate surface area is 159 Å². The number of hydrogen-bond acceptors (Lipinski definition) is 4. The van der Waals surface area contributed by atoms with Crippen molar-refractivity contribution >= 4 is 5.91 Å². The zero-order valence-electron chi connectivity index (χ0n) is 15.6. The van der Waals surface area contributed by atoms with Crippen molar-refractivity contribution in [3.8, 4) is 11.3 Å². The fourth-order valence-electron chi connectivity index (χ4n) is 3.72. The van der Waals surface area contributed by atoms with E-state index in [1.54, 1.807) is 4.90 Å². The highest BCUT2D eigenvalue weighted by Gasteiger charge is 2.27. The minimum Gasteiger partial charge on any atom is -0.363 e. The molecule has 1 aromatic heterocycles. The fraction of sp³-hybridized carbons (Fsp3) is 0.273. The predicted molar refractivity (Wildman–Crippen MR) is 104 cm³/mol. The van der Waals surface area contributed by atoms with Gasteiger partial charge in [0.2, 0.25) is 0 Å². The third-order valence-corrected chi connectivity index (χ3v) is 5.30. The van der Waals surface area contributed by atoms with Gasteiger partial charge in [-0.25, -0.2) is 0 Å². The number of rotatable bonds is 4. The minimum absolute atomic E-state index is 0.0673. The van der Waals surface area contributed by atoms with Crippen molar-refractivity contribution in [1.29, 1.82) is 0 Å². The molecule has 1 atom stereocenters. The normalized spacial score (nSPS) is 16.7. The van der Waals surface area contributed by atoms with Gasteiger partial charge in [-0.15, -0.1) is 0 Å². The first-order chi connectivity index (χ1) is 13.1. The summed E-state index contributed by atoms with van der Waals surface area (Å²) in [4.78, 5) is 17.1. The Kier molecular flexibility index (Phi) is 4.77. The van der Waals surface area contributed by atoms with Gasteiger partial charge in [-0.05, 0) is 24.6 Å². The molecule has 5 heteroatoms. The first-order valence-corrected chi connectivity index (χ1v) is 9.16. The van der Waals surface area contributed by atoms with Crippen LogP contribution in [0.3, 0.4) is 0 Å². The van der Waals surface area contributed by atoms with Crippen LogP contribution in [-0.4, -0.2) is 47.5 Å². The molecular weight excluding hydrogens is 338 g/mol. The molecular formula is C22H23N3O2. The molecule has 5 nitrogen and oxygen atoms in total. The number of carbonyl (C=O) groups is 1. The van der Waals surface area contributed by atoms with Gasteiger partial charge in [0.05, 0.1) is 0 Å². The van der Waals surface area contributed by atoms with Gasteiger partial charge in [-0.2, -0.15) is 0 Å². The standard InChI is InChI=1S/C22H23N3O2/c1-24-13-18-11-7-6-10-17(18)12-19(24)14-25(2)22(26)20-15-27-23-21(20)16-8-4-3-5-9-16/h3-11,15,19H,12-14H2,1-2H3/t19-/m0/s1. The monoisotopic (exact) mass is 361 g/mol. The van der Waals surface area contributed by atoms with E-state index in [9.17, 15) is 4.79 Å². The lowest BCUT2D eigenvalue weighted by atomic mass is 9.94. The molecule has 138 valence electrons. The number of fused-ring (bicyclic) bond motifs is 1. The first-order valence-electron chi connectivity index (χ1n) is 9.16. The van der Waals surface area contributed by atoms with Gasteiger partial charge in [-0.3, -0.25) is 9.69 Å². The summed E-state index contributed by atoms with van der Waals surface area (Å²) in [5.74, 6) is -0.0673. The summed E-state index contributed by atoms with van der Waals surface area (Å²) in [6, 6.07) is 18.5. The summed E-state index contributed by atoms with van der Waals surface area (Å²) in [5, 5.41) is 4.05. The highest BCUT2D eigenvalue weighted by atomic mass is 16.5. The van der Waals surface area contributed by atoms with Crippen LogP contribution in [0, 0.1) is 0 Å². The molecule has 2 aromatic carbocycles. The average Bonchev–Trinajstić information content (AvgIpc) is 3.18. The van der Waals surface area contributed by atoms with Gasteiger partial charge in [-0.1, -0.05) is 59.8 Å². The van der Waals surface area contributed by atoms with E-state index in [1.165, 1.54) is 17.4 Å². The highest BCUT2D eigenvalue weighted by Crippen LogP contribution is 2.25. The van der Waals surface area contributed by atoms with Gasteiger partial charge < -0.3 is 9.42 Å². The maximum Gasteiger partial charge on any atom is 0.259 e. The molecule has 0 N–H and O–H groups in total. The van der Waals surface area contributed by atoms with Crippen LogP contribution in [0.15, 0.2) is 65.4 Å². The summed E-state index contributed by atoms with van der Waals surface area (Å²) < 4.78 is 5.12. The maximum absolute atomic E-state index is 13.0. The Morgan fingerprint density at radius 2 is 1.85 bits per heavy atom. The Balaban J connectivity index is 1.50. The van der Waals surface area contributed by atoms with Gasteiger partial charge in [0.1, 0.15) is 17.5 Å². The molecule has 0 spiro atoms. The molecule has 0 saturated heterocycles. The van der Waals surface area contributed by atoms with Crippen LogP contribution in [0.1, 0.15) is 21.5 Å². The molecule has 4 rings (SSSR count). The average molecular weight is 361 g/mol. The van der Waals surface area contributed by atoms with Gasteiger partial charge >= 0.3 is 0 Å². The summed E-state index contributed by atoms with van der Waals surface area (Å²) in [6.45, 7) is 1.56. The number of carbonyl (C=O) groups excluding carboxylic acids is 1. The zero-order valence-corrected chi connectivity index (χ0v) is 15.6. The zero-order chi connectivity index (χ0) is 18.8. The smallest absolute Gasteiger partial charge is 0.259 e. The lowest BCUT2D eigenvalue weighted by Crippen LogP contribution is -2.46. The summed E-state index contributed by atoms with van der Waals surface area (Å²) in [5.41, 5.74) is 4.72. The second-order valence-corrected chi connectivity index (χ2v) is 7.17. The van der Waals surface area contributed by atoms with E-state index in [4.69, 9.17) is 4.52 Å². The second-order valence-electron chi connectivity index (χ2n) is 7.17. The molecule has 1 aliphatic rings. The number of benzene rings is 2. The van der Waals surface area contributed by atoms with Crippen molar-refractivity contribution < 1.29 is 9.32 Å². The van der Waals surface area contributed by atoms with Crippen molar-refractivity contribution in [3.05, 3.63) is 77.6 Å². The van der Waals surface area contributed by atoms with E-state index in [0.717, 1.165) is 18.5 Å². The van der Waals surface area contributed by atoms with Gasteiger partial charge in [0.15, 0.2) is 0 Å². The number of aromatic nitrogens is 1. The molecule has 0 aliphatic carbocycles. The van der Waals surface area contributed by atoms with Crippen molar-refractivity contribution in [2.75, 3.05) is 20.6 Å². The highest BCUT2D eigenvalue weighted by molar-refractivity contribution is 5.99. The Morgan fingerprint density at radius 1 is 1.15 bits per heavy atom. The van der Waals surface area contributed by atoms with Crippen molar-refractivity contribution in [3.63, 3.8) is 0 Å². The molecule has 1 amide bonds. The third kappa shape index (κ3) is 3.51. The topological polar surface area (TPSA) is 49.6 Å². The van der Waals surface area contributed by atoms with E-state index in [1.807, 2.05) is 37.4 Å². The van der Waals surface area contributed by atoms with Crippen LogP contribution in [0.4, 0.5) is 0 Å². The SMILES string of the molecule is CN(C[C@@H]1Cc2ccccc2CN1C)C(=O)c1conc1-c1ccccc1. The predicted octanol–water partition coefficient (Wildman–Crippen LogP) is 3.47. The van der Waals surface area contributed by atoms with E-state index in [2.05, 4.69) is 41.4 Å². The van der Waals surface area contributed by atoms with Crippen LogP contribution < -0.4 is 0 Å². The molecule has 0 radical (unpaired) electrons. The fourth-order valence-corrected chi connectivity index (χ4v) is 3.72. The summed E-state index contributed by atoms with van der Waals surface area (Å²) in [6.07, 6.45) is 2.39. The second kappa shape index (κ2) is 7.37. The Hall–Kier alpha value is -2.92. The first kappa shape index (κ1) is 17.5. The van der Waals surface area contributed by atoms with Gasteiger partial charge in [0.25, 0.3) is 5.91 Å². The Bertz CT molecular complexity index is 935. The lowest BCUT2D eigenvalue weighted by molar-refractivity contribution is 0.0733. The van der Waals surface area contributed by atoms with E-state index < -0.39 is 0 Å². The number of hydrogen-bond donors (Lipinski definition) is 0. The number of nitrogens with zero attached hydrogens (tertiary/aromatic N) is 3. The maximum atomic E-state index is 13.0. The van der Waals surface area contributed by atoms with E-state index in [0.29, 0.717) is 17.8 Å². The Morgan fingerprint density at radius 3 is 2.63 bits per heavy atom. The van der Waals surface area contributed by atoms with Crippen LogP contribution in [0.25, 0.3) is 11.3 Å². The van der Waals surface area contributed by atoms with Crippen LogP contribution in [0.2, 0.25) is 0 Å². The van der Waals surface area contributed by atoms with Gasteiger partial charge in [0, 0.05) is 31.7 Å². The molecule has 1 aliphatic heterocycles. The largest absolute Gasteiger partial charge is 0.363 e. The lowest BCUT2D eigenvalue weighted by Gasteiger charge is -2.36. The quantitative estimate of drug-likeness (QED) is 0.714.